The largest absolute Gasteiger partial charge is 0.359 e. The van der Waals surface area contributed by atoms with E-state index in [-0.39, 0.29) is 0 Å². The minimum atomic E-state index is 0.882. The van der Waals surface area contributed by atoms with Crippen LogP contribution in [-0.4, -0.2) is 0 Å². The number of hydrogen-bond acceptors (Lipinski definition) is 3. The van der Waals surface area contributed by atoms with Gasteiger partial charge in [0.05, 0.1) is 11.4 Å². The summed E-state index contributed by atoms with van der Waals surface area (Å²) in [6.45, 7) is 4.12. The highest BCUT2D eigenvalue weighted by Crippen LogP contribution is 2.34. The maximum atomic E-state index is 4.12. The van der Waals surface area contributed by atoms with Crippen molar-refractivity contribution < 1.29 is 0 Å². The summed E-state index contributed by atoms with van der Waals surface area (Å²) in [5, 5.41) is 6.52. The van der Waals surface area contributed by atoms with Gasteiger partial charge in [0.15, 0.2) is 0 Å². The Bertz CT molecular complexity index is 636. The molecule has 1 aliphatic carbocycles. The summed E-state index contributed by atoms with van der Waals surface area (Å²) in [6.07, 6.45) is 17.1. The highest BCUT2D eigenvalue weighted by Gasteiger charge is 2.12. The predicted molar refractivity (Wildman–Crippen MR) is 81.7 cm³/mol. The fourth-order valence-electron chi connectivity index (χ4n) is 2.03. The van der Waals surface area contributed by atoms with Crippen molar-refractivity contribution in [1.82, 2.24) is 10.6 Å². The molecule has 0 saturated carbocycles. The zero-order valence-electron chi connectivity index (χ0n) is 10.4. The first-order valence-electron chi connectivity index (χ1n) is 6.12. The van der Waals surface area contributed by atoms with Gasteiger partial charge in [-0.2, -0.15) is 0 Å². The number of fused-ring (bicyclic) bond motifs is 1. The molecule has 0 spiro atoms. The van der Waals surface area contributed by atoms with Crippen molar-refractivity contribution in [2.75, 3.05) is 0 Å². The van der Waals surface area contributed by atoms with Crippen LogP contribution in [0.2, 0.25) is 0 Å². The first-order chi connectivity index (χ1) is 9.33. The van der Waals surface area contributed by atoms with Crippen molar-refractivity contribution in [2.24, 2.45) is 0 Å². The second-order valence-corrected chi connectivity index (χ2v) is 5.46. The van der Waals surface area contributed by atoms with Crippen LogP contribution in [0.3, 0.4) is 0 Å². The van der Waals surface area contributed by atoms with E-state index < -0.39 is 0 Å². The molecule has 0 saturated heterocycles. The lowest BCUT2D eigenvalue weighted by Gasteiger charge is -2.17. The van der Waals surface area contributed by atoms with Gasteiger partial charge in [0.1, 0.15) is 0 Å². The van der Waals surface area contributed by atoms with Crippen LogP contribution >= 0.6 is 11.8 Å². The second kappa shape index (κ2) is 5.27. The zero-order chi connectivity index (χ0) is 13.1. The third-order valence-corrected chi connectivity index (χ3v) is 3.92. The molecule has 94 valence electrons. The van der Waals surface area contributed by atoms with E-state index in [0.29, 0.717) is 0 Å². The van der Waals surface area contributed by atoms with E-state index in [1.54, 1.807) is 11.8 Å². The molecule has 0 fully saturated rings. The smallest absolute Gasteiger partial charge is 0.0627 e. The summed E-state index contributed by atoms with van der Waals surface area (Å²) < 4.78 is 0. The highest BCUT2D eigenvalue weighted by molar-refractivity contribution is 8.07. The van der Waals surface area contributed by atoms with Crippen molar-refractivity contribution in [3.63, 3.8) is 0 Å². The minimum Gasteiger partial charge on any atom is -0.359 e. The summed E-state index contributed by atoms with van der Waals surface area (Å²) in [7, 11) is 0. The lowest BCUT2D eigenvalue weighted by atomic mass is 10.1. The molecule has 2 N–H and O–H groups in total. The molecule has 3 heteroatoms. The quantitative estimate of drug-likeness (QED) is 0.655. The van der Waals surface area contributed by atoms with Gasteiger partial charge in [-0.25, -0.2) is 0 Å². The van der Waals surface area contributed by atoms with Gasteiger partial charge < -0.3 is 10.6 Å². The molecule has 0 bridgehead atoms. The summed E-state index contributed by atoms with van der Waals surface area (Å²) in [5.74, 6) is 0. The van der Waals surface area contributed by atoms with Crippen LogP contribution in [0, 0.1) is 0 Å². The molecule has 0 amide bonds. The average Bonchev–Trinajstić information content (AvgIpc) is 2.59. The number of nitrogens with one attached hydrogen (secondary N) is 2. The summed E-state index contributed by atoms with van der Waals surface area (Å²) >= 11 is 1.68. The van der Waals surface area contributed by atoms with Crippen LogP contribution in [-0.2, 0) is 0 Å². The Balaban J connectivity index is 2.03. The Morgan fingerprint density at radius 1 is 1.21 bits per heavy atom. The molecule has 19 heavy (non-hydrogen) atoms. The van der Waals surface area contributed by atoms with E-state index in [1.807, 2.05) is 30.6 Å². The van der Waals surface area contributed by atoms with Crippen LogP contribution in [0.15, 0.2) is 87.9 Å². The summed E-state index contributed by atoms with van der Waals surface area (Å²) in [5.41, 5.74) is 6.59. The maximum Gasteiger partial charge on any atom is 0.0627 e. The fourth-order valence-corrected chi connectivity index (χ4v) is 2.90. The maximum absolute atomic E-state index is 4.12. The molecule has 2 nitrogen and oxygen atoms in total. The second-order valence-electron chi connectivity index (χ2n) is 4.30. The van der Waals surface area contributed by atoms with Crippen LogP contribution in [0.25, 0.3) is 0 Å². The van der Waals surface area contributed by atoms with Gasteiger partial charge in [0.25, 0.3) is 0 Å². The number of allylic oxidation sites excluding steroid dienone is 6. The third-order valence-electron chi connectivity index (χ3n) is 2.94. The lowest BCUT2D eigenvalue weighted by Crippen LogP contribution is -2.22. The Hall–Kier alpha value is -2.09. The highest BCUT2D eigenvalue weighted by atomic mass is 32.2. The van der Waals surface area contributed by atoms with E-state index in [9.17, 15) is 0 Å². The Morgan fingerprint density at radius 3 is 2.95 bits per heavy atom. The number of rotatable bonds is 0. The van der Waals surface area contributed by atoms with Crippen LogP contribution in [0.5, 0.6) is 0 Å². The van der Waals surface area contributed by atoms with E-state index >= 15 is 0 Å². The monoisotopic (exact) mass is 266 g/mol. The molecular formula is C16H14N2S. The van der Waals surface area contributed by atoms with E-state index in [1.165, 1.54) is 10.5 Å². The molecule has 3 rings (SSSR count). The average molecular weight is 266 g/mol. The Kier molecular flexibility index (Phi) is 3.32. The van der Waals surface area contributed by atoms with Crippen LogP contribution in [0.4, 0.5) is 0 Å². The topological polar surface area (TPSA) is 24.1 Å². The molecule has 0 unspecified atom stereocenters. The molecule has 0 radical (unpaired) electrons. The van der Waals surface area contributed by atoms with E-state index in [4.69, 9.17) is 0 Å². The summed E-state index contributed by atoms with van der Waals surface area (Å²) in [6, 6.07) is 0. The number of thioether (sulfide) groups is 1. The minimum absolute atomic E-state index is 0.882. The SMILES string of the molecule is C=C1/C=C2/NC=CN/C2=C/CC2=C(C=C=CC=C2)S1. The van der Waals surface area contributed by atoms with Crippen LogP contribution in [0.1, 0.15) is 6.42 Å². The molecule has 3 aliphatic rings. The van der Waals surface area contributed by atoms with Crippen LogP contribution < -0.4 is 10.6 Å². The molecule has 0 aromatic rings. The van der Waals surface area contributed by atoms with Crippen molar-refractivity contribution in [1.29, 1.82) is 0 Å². The van der Waals surface area contributed by atoms with E-state index in [2.05, 4.69) is 41.2 Å². The zero-order valence-corrected chi connectivity index (χ0v) is 11.3. The van der Waals surface area contributed by atoms with Crippen molar-refractivity contribution >= 4 is 11.8 Å². The summed E-state index contributed by atoms with van der Waals surface area (Å²) in [4.78, 5) is 2.21. The lowest BCUT2D eigenvalue weighted by molar-refractivity contribution is 0.905. The van der Waals surface area contributed by atoms with Gasteiger partial charge in [-0.3, -0.25) is 0 Å². The Morgan fingerprint density at radius 2 is 2.05 bits per heavy atom. The Labute approximate surface area is 117 Å². The molecule has 0 atom stereocenters. The number of hydrogen-bond donors (Lipinski definition) is 2. The third kappa shape index (κ3) is 2.68. The van der Waals surface area contributed by atoms with Gasteiger partial charge in [-0.05, 0) is 30.2 Å². The normalized spacial score (nSPS) is 26.4. The first-order valence-corrected chi connectivity index (χ1v) is 6.94. The van der Waals surface area contributed by atoms with Gasteiger partial charge in [0, 0.05) is 22.2 Å². The molecule has 0 aromatic heterocycles. The molecule has 0 aromatic carbocycles. The van der Waals surface area contributed by atoms with Gasteiger partial charge in [-0.15, -0.1) is 5.73 Å². The van der Waals surface area contributed by atoms with Crippen molar-refractivity contribution in [2.45, 2.75) is 6.42 Å². The molecule has 2 heterocycles. The van der Waals surface area contributed by atoms with Crippen molar-refractivity contribution in [3.05, 3.63) is 87.9 Å². The van der Waals surface area contributed by atoms with Gasteiger partial charge in [-0.1, -0.05) is 36.6 Å². The molecular weight excluding hydrogens is 252 g/mol. The van der Waals surface area contributed by atoms with Gasteiger partial charge >= 0.3 is 0 Å². The molecule has 2 aliphatic heterocycles. The standard InChI is InChI=1S/C16H14N2S/c1-12-11-15-14(17-9-10-18-15)8-7-13-5-3-2-4-6-16(13)19-12/h2-3,5-6,8-11,17-18H,1,7H2/b14-8+,15-11+. The fraction of sp³-hybridized carbons (Fsp3) is 0.0625. The van der Waals surface area contributed by atoms with E-state index in [0.717, 1.165) is 22.7 Å². The van der Waals surface area contributed by atoms with Crippen molar-refractivity contribution in [3.8, 4) is 0 Å². The predicted octanol–water partition coefficient (Wildman–Crippen LogP) is 3.60. The first kappa shape index (κ1) is 12.0. The van der Waals surface area contributed by atoms with Gasteiger partial charge in [0.2, 0.25) is 0 Å².